The smallest absolute Gasteiger partial charge is 0.260 e. The molecule has 0 N–H and O–H groups in total. The summed E-state index contributed by atoms with van der Waals surface area (Å²) in [6.45, 7) is 2.30. The van der Waals surface area contributed by atoms with Gasteiger partial charge in [-0.1, -0.05) is 23.2 Å². The number of ether oxygens (including phenoxy) is 1. The molecule has 6 nitrogen and oxygen atoms in total. The number of nitrogens with zero attached hydrogens (tertiary/aromatic N) is 4. The second-order valence-electron chi connectivity index (χ2n) is 6.60. The summed E-state index contributed by atoms with van der Waals surface area (Å²) < 4.78 is 18.7. The van der Waals surface area contributed by atoms with Gasteiger partial charge in [-0.3, -0.25) is 4.79 Å². The molecule has 4 rings (SSSR count). The first kappa shape index (κ1) is 19.7. The van der Waals surface area contributed by atoms with Gasteiger partial charge >= 0.3 is 0 Å². The zero-order chi connectivity index (χ0) is 20.4. The van der Waals surface area contributed by atoms with E-state index in [1.807, 2.05) is 0 Å². The third-order valence-electron chi connectivity index (χ3n) is 4.78. The van der Waals surface area contributed by atoms with Crippen molar-refractivity contribution in [2.24, 2.45) is 0 Å². The number of anilines is 1. The second kappa shape index (κ2) is 8.39. The molecule has 2 heterocycles. The van der Waals surface area contributed by atoms with Crippen LogP contribution in [0.25, 0.3) is 10.9 Å². The van der Waals surface area contributed by atoms with E-state index in [9.17, 15) is 9.18 Å². The fourth-order valence-electron chi connectivity index (χ4n) is 3.27. The Balaban J connectivity index is 1.37. The van der Waals surface area contributed by atoms with Gasteiger partial charge in [0.1, 0.15) is 12.1 Å². The highest BCUT2D eigenvalue weighted by atomic mass is 35.5. The van der Waals surface area contributed by atoms with Crippen molar-refractivity contribution in [2.45, 2.75) is 0 Å². The molecule has 1 saturated heterocycles. The third-order valence-corrected chi connectivity index (χ3v) is 5.28. The average molecular weight is 435 g/mol. The van der Waals surface area contributed by atoms with Crippen LogP contribution in [0.2, 0.25) is 10.0 Å². The average Bonchev–Trinajstić information content (AvgIpc) is 2.73. The molecule has 2 aromatic carbocycles. The van der Waals surface area contributed by atoms with E-state index in [-0.39, 0.29) is 24.2 Å². The number of piperazine rings is 1. The lowest BCUT2D eigenvalue weighted by Gasteiger charge is -2.36. The Labute approximate surface area is 176 Å². The van der Waals surface area contributed by atoms with Crippen LogP contribution in [-0.4, -0.2) is 53.6 Å². The Bertz CT molecular complexity index is 1040. The molecule has 1 fully saturated rings. The number of fused-ring (bicyclic) bond motifs is 1. The van der Waals surface area contributed by atoms with E-state index in [2.05, 4.69) is 14.9 Å². The molecule has 0 spiro atoms. The van der Waals surface area contributed by atoms with Gasteiger partial charge in [-0.15, -0.1) is 0 Å². The van der Waals surface area contributed by atoms with Gasteiger partial charge in [0, 0.05) is 36.9 Å². The predicted octanol–water partition coefficient (Wildman–Crippen LogP) is 3.80. The summed E-state index contributed by atoms with van der Waals surface area (Å²) in [5, 5.41) is 1.38. The van der Waals surface area contributed by atoms with Gasteiger partial charge in [0.15, 0.2) is 6.61 Å². The molecule has 0 unspecified atom stereocenters. The molecule has 1 aliphatic heterocycles. The van der Waals surface area contributed by atoms with Gasteiger partial charge in [-0.25, -0.2) is 14.4 Å². The highest BCUT2D eigenvalue weighted by Gasteiger charge is 2.22. The number of halogens is 3. The van der Waals surface area contributed by atoms with Crippen LogP contribution >= 0.6 is 23.2 Å². The summed E-state index contributed by atoms with van der Waals surface area (Å²) in [4.78, 5) is 24.7. The van der Waals surface area contributed by atoms with E-state index in [0.717, 1.165) is 5.69 Å². The number of carbonyl (C=O) groups excluding carboxylic acids is 1. The maximum absolute atomic E-state index is 13.1. The van der Waals surface area contributed by atoms with Gasteiger partial charge in [-0.05, 0) is 36.4 Å². The standard InChI is InChI=1S/C20H17Cl2FN4O2/c21-13-9-16-19(17(22)10-13)24-12-25-20(16)29-11-18(28)27-7-5-26(6-8-27)15-3-1-14(23)2-4-15/h1-4,9-10,12H,5-8,11H2. The normalized spacial score (nSPS) is 14.3. The van der Waals surface area contributed by atoms with Crippen LogP contribution in [0.15, 0.2) is 42.7 Å². The minimum atomic E-state index is -0.264. The fourth-order valence-corrected chi connectivity index (χ4v) is 3.81. The van der Waals surface area contributed by atoms with E-state index in [1.165, 1.54) is 18.5 Å². The number of rotatable bonds is 4. The number of hydrogen-bond acceptors (Lipinski definition) is 5. The fraction of sp³-hybridized carbons (Fsp3) is 0.250. The van der Waals surface area contributed by atoms with E-state index in [4.69, 9.17) is 27.9 Å². The number of amides is 1. The Morgan fingerprint density at radius 2 is 1.79 bits per heavy atom. The molecule has 0 radical (unpaired) electrons. The van der Waals surface area contributed by atoms with Crippen LogP contribution in [0, 0.1) is 5.82 Å². The summed E-state index contributed by atoms with van der Waals surface area (Å²) in [5.74, 6) is -0.138. The summed E-state index contributed by atoms with van der Waals surface area (Å²) >= 11 is 12.2. The topological polar surface area (TPSA) is 58.6 Å². The number of carbonyl (C=O) groups is 1. The first-order valence-electron chi connectivity index (χ1n) is 9.02. The van der Waals surface area contributed by atoms with Gasteiger partial charge in [0.05, 0.1) is 15.9 Å². The largest absolute Gasteiger partial charge is 0.467 e. The Kier molecular flexibility index (Phi) is 5.69. The molecule has 0 saturated carbocycles. The zero-order valence-corrected chi connectivity index (χ0v) is 16.8. The van der Waals surface area contributed by atoms with Crippen LogP contribution in [0.1, 0.15) is 0 Å². The minimum absolute atomic E-state index is 0.136. The minimum Gasteiger partial charge on any atom is -0.467 e. The van der Waals surface area contributed by atoms with Gasteiger partial charge in [0.2, 0.25) is 5.88 Å². The lowest BCUT2D eigenvalue weighted by Crippen LogP contribution is -2.50. The Hall–Kier alpha value is -2.64. The number of benzene rings is 2. The first-order valence-corrected chi connectivity index (χ1v) is 9.78. The van der Waals surface area contributed by atoms with E-state index in [0.29, 0.717) is 47.1 Å². The molecule has 1 aliphatic rings. The van der Waals surface area contributed by atoms with Crippen LogP contribution in [0.5, 0.6) is 5.88 Å². The summed E-state index contributed by atoms with van der Waals surface area (Å²) in [6, 6.07) is 9.60. The van der Waals surface area contributed by atoms with Crippen LogP contribution in [-0.2, 0) is 4.79 Å². The molecular formula is C20H17Cl2FN4O2. The molecule has 0 atom stereocenters. The SMILES string of the molecule is O=C(COc1ncnc2c(Cl)cc(Cl)cc12)N1CCN(c2ccc(F)cc2)CC1. The second-order valence-corrected chi connectivity index (χ2v) is 7.44. The number of aromatic nitrogens is 2. The van der Waals surface area contributed by atoms with Crippen molar-refractivity contribution in [1.82, 2.24) is 14.9 Å². The molecule has 3 aromatic rings. The van der Waals surface area contributed by atoms with Gasteiger partial charge < -0.3 is 14.5 Å². The quantitative estimate of drug-likeness (QED) is 0.624. The molecule has 0 bridgehead atoms. The van der Waals surface area contributed by atoms with E-state index in [1.54, 1.807) is 29.2 Å². The summed E-state index contributed by atoms with van der Waals surface area (Å²) in [5.41, 5.74) is 1.46. The van der Waals surface area contributed by atoms with Crippen molar-refractivity contribution >= 4 is 45.7 Å². The zero-order valence-electron chi connectivity index (χ0n) is 15.3. The van der Waals surface area contributed by atoms with E-state index < -0.39 is 0 Å². The Morgan fingerprint density at radius 3 is 2.52 bits per heavy atom. The van der Waals surface area contributed by atoms with E-state index >= 15 is 0 Å². The van der Waals surface area contributed by atoms with Crippen molar-refractivity contribution in [3.63, 3.8) is 0 Å². The van der Waals surface area contributed by atoms with Crippen LogP contribution < -0.4 is 9.64 Å². The molecule has 150 valence electrons. The van der Waals surface area contributed by atoms with Crippen LogP contribution in [0.3, 0.4) is 0 Å². The molecular weight excluding hydrogens is 418 g/mol. The maximum Gasteiger partial charge on any atom is 0.260 e. The predicted molar refractivity (Wildman–Crippen MR) is 110 cm³/mol. The van der Waals surface area contributed by atoms with Gasteiger partial charge in [-0.2, -0.15) is 0 Å². The first-order chi connectivity index (χ1) is 14.0. The van der Waals surface area contributed by atoms with Crippen molar-refractivity contribution in [1.29, 1.82) is 0 Å². The summed E-state index contributed by atoms with van der Waals surface area (Å²) in [6.07, 6.45) is 1.34. The monoisotopic (exact) mass is 434 g/mol. The molecule has 0 aliphatic carbocycles. The number of hydrogen-bond donors (Lipinski definition) is 0. The molecule has 29 heavy (non-hydrogen) atoms. The highest BCUT2D eigenvalue weighted by Crippen LogP contribution is 2.30. The van der Waals surface area contributed by atoms with Crippen molar-refractivity contribution in [2.75, 3.05) is 37.7 Å². The molecule has 1 amide bonds. The molecule has 1 aromatic heterocycles. The van der Waals surface area contributed by atoms with Crippen molar-refractivity contribution in [3.8, 4) is 5.88 Å². The summed E-state index contributed by atoms with van der Waals surface area (Å²) in [7, 11) is 0. The Morgan fingerprint density at radius 1 is 1.07 bits per heavy atom. The maximum atomic E-state index is 13.1. The third kappa shape index (κ3) is 4.36. The highest BCUT2D eigenvalue weighted by molar-refractivity contribution is 6.38. The lowest BCUT2D eigenvalue weighted by atomic mass is 10.2. The van der Waals surface area contributed by atoms with Crippen molar-refractivity contribution < 1.29 is 13.9 Å². The lowest BCUT2D eigenvalue weighted by molar-refractivity contribution is -0.133. The van der Waals surface area contributed by atoms with Crippen molar-refractivity contribution in [3.05, 3.63) is 58.6 Å². The van der Waals surface area contributed by atoms with Crippen LogP contribution in [0.4, 0.5) is 10.1 Å². The molecule has 9 heteroatoms. The van der Waals surface area contributed by atoms with Gasteiger partial charge in [0.25, 0.3) is 5.91 Å².